The van der Waals surface area contributed by atoms with Gasteiger partial charge in [0.2, 0.25) is 0 Å². The summed E-state index contributed by atoms with van der Waals surface area (Å²) in [6, 6.07) is 4.09. The number of nitrogens with one attached hydrogen (secondary N) is 1. The summed E-state index contributed by atoms with van der Waals surface area (Å²) in [4.78, 5) is 17.3. The van der Waals surface area contributed by atoms with Crippen LogP contribution in [0.5, 0.6) is 0 Å². The Labute approximate surface area is 149 Å². The van der Waals surface area contributed by atoms with Crippen LogP contribution in [0.25, 0.3) is 5.65 Å². The van der Waals surface area contributed by atoms with Gasteiger partial charge in [-0.2, -0.15) is 0 Å². The van der Waals surface area contributed by atoms with E-state index in [2.05, 4.69) is 31.1 Å². The Balaban J connectivity index is 1.64. The Bertz CT molecular complexity index is 765. The second-order valence-corrected chi connectivity index (χ2v) is 8.14. The molecule has 3 rings (SSSR count). The summed E-state index contributed by atoms with van der Waals surface area (Å²) in [5, 5.41) is 3.19. The summed E-state index contributed by atoms with van der Waals surface area (Å²) in [6.45, 7) is 10.3. The first-order valence-electron chi connectivity index (χ1n) is 9.17. The van der Waals surface area contributed by atoms with Gasteiger partial charge in [-0.25, -0.2) is 4.98 Å². The average molecular weight is 343 g/mol. The third-order valence-electron chi connectivity index (χ3n) is 4.71. The van der Waals surface area contributed by atoms with Crippen molar-refractivity contribution in [2.45, 2.75) is 78.0 Å². The van der Waals surface area contributed by atoms with E-state index in [1.54, 1.807) is 0 Å². The molecule has 5 heteroatoms. The maximum Gasteiger partial charge on any atom is 0.255 e. The van der Waals surface area contributed by atoms with Gasteiger partial charge >= 0.3 is 0 Å². The molecule has 0 aliphatic heterocycles. The molecule has 0 radical (unpaired) electrons. The first-order valence-corrected chi connectivity index (χ1v) is 9.17. The van der Waals surface area contributed by atoms with Gasteiger partial charge in [-0.05, 0) is 72.4 Å². The van der Waals surface area contributed by atoms with Crippen LogP contribution in [0.2, 0.25) is 0 Å². The van der Waals surface area contributed by atoms with Gasteiger partial charge in [0.25, 0.3) is 5.91 Å². The van der Waals surface area contributed by atoms with Crippen molar-refractivity contribution in [3.63, 3.8) is 0 Å². The fourth-order valence-corrected chi connectivity index (χ4v) is 3.66. The Hall–Kier alpha value is -1.88. The molecule has 2 aromatic rings. The predicted octanol–water partition coefficient (Wildman–Crippen LogP) is 3.81. The zero-order valence-corrected chi connectivity index (χ0v) is 15.9. The molecule has 136 valence electrons. The van der Waals surface area contributed by atoms with Gasteiger partial charge in [0.1, 0.15) is 5.65 Å². The molecule has 1 saturated carbocycles. The summed E-state index contributed by atoms with van der Waals surface area (Å²) in [5.41, 5.74) is 3.30. The topological polar surface area (TPSA) is 55.6 Å². The van der Waals surface area contributed by atoms with E-state index in [0.717, 1.165) is 42.7 Å². The van der Waals surface area contributed by atoms with Crippen molar-refractivity contribution in [1.82, 2.24) is 14.7 Å². The van der Waals surface area contributed by atoms with Crippen LogP contribution in [0.4, 0.5) is 0 Å². The number of ether oxygens (including phenoxy) is 1. The van der Waals surface area contributed by atoms with Gasteiger partial charge in [0.15, 0.2) is 0 Å². The maximum absolute atomic E-state index is 12.7. The van der Waals surface area contributed by atoms with E-state index in [-0.39, 0.29) is 17.6 Å². The molecule has 1 N–H and O–H groups in total. The lowest BCUT2D eigenvalue weighted by Crippen LogP contribution is -2.40. The number of carbonyl (C=O) groups excluding carboxylic acids is 1. The smallest absolute Gasteiger partial charge is 0.255 e. The van der Waals surface area contributed by atoms with Gasteiger partial charge in [-0.1, -0.05) is 0 Å². The molecular formula is C20H29N3O2. The number of carbonyl (C=O) groups is 1. The number of rotatable bonds is 3. The van der Waals surface area contributed by atoms with Crippen molar-refractivity contribution in [1.29, 1.82) is 0 Å². The van der Waals surface area contributed by atoms with E-state index in [9.17, 15) is 4.79 Å². The third kappa shape index (κ3) is 4.21. The quantitative estimate of drug-likeness (QED) is 0.922. The molecule has 25 heavy (non-hydrogen) atoms. The van der Waals surface area contributed by atoms with Gasteiger partial charge in [-0.3, -0.25) is 4.79 Å². The molecule has 0 aromatic carbocycles. The monoisotopic (exact) mass is 343 g/mol. The van der Waals surface area contributed by atoms with Gasteiger partial charge < -0.3 is 14.5 Å². The largest absolute Gasteiger partial charge is 0.373 e. The van der Waals surface area contributed by atoms with Crippen LogP contribution in [0, 0.1) is 13.8 Å². The Morgan fingerprint density at radius 2 is 1.92 bits per heavy atom. The SMILES string of the molecule is Cc1cc(C)n2ccc(C(=O)N[C@H]3CC[C@H](OC(C)(C)C)CC3)c2n1. The van der Waals surface area contributed by atoms with Gasteiger partial charge in [-0.15, -0.1) is 0 Å². The predicted molar refractivity (Wildman–Crippen MR) is 99.0 cm³/mol. The Morgan fingerprint density at radius 3 is 2.56 bits per heavy atom. The molecule has 1 aliphatic rings. The normalized spacial score (nSPS) is 21.5. The number of fused-ring (bicyclic) bond motifs is 1. The average Bonchev–Trinajstić information content (AvgIpc) is 2.92. The number of aromatic nitrogens is 2. The van der Waals surface area contributed by atoms with E-state index in [1.165, 1.54) is 0 Å². The second-order valence-electron chi connectivity index (χ2n) is 8.14. The van der Waals surface area contributed by atoms with E-state index < -0.39 is 0 Å². The number of nitrogens with zero attached hydrogens (tertiary/aromatic N) is 2. The molecule has 0 spiro atoms. The van der Waals surface area contributed by atoms with Crippen LogP contribution in [-0.4, -0.2) is 33.0 Å². The number of aryl methyl sites for hydroxylation is 2. The van der Waals surface area contributed by atoms with Crippen molar-refractivity contribution in [2.24, 2.45) is 0 Å². The zero-order valence-electron chi connectivity index (χ0n) is 15.9. The molecule has 0 unspecified atom stereocenters. The lowest BCUT2D eigenvalue weighted by molar-refractivity contribution is -0.0757. The van der Waals surface area contributed by atoms with E-state index >= 15 is 0 Å². The van der Waals surface area contributed by atoms with E-state index in [0.29, 0.717) is 11.7 Å². The number of amides is 1. The number of hydrogen-bond donors (Lipinski definition) is 1. The highest BCUT2D eigenvalue weighted by atomic mass is 16.5. The fourth-order valence-electron chi connectivity index (χ4n) is 3.66. The van der Waals surface area contributed by atoms with Crippen molar-refractivity contribution in [2.75, 3.05) is 0 Å². The molecule has 0 bridgehead atoms. The number of hydrogen-bond acceptors (Lipinski definition) is 3. The molecule has 0 saturated heterocycles. The first kappa shape index (κ1) is 17.9. The summed E-state index contributed by atoms with van der Waals surface area (Å²) >= 11 is 0. The highest BCUT2D eigenvalue weighted by Crippen LogP contribution is 2.25. The summed E-state index contributed by atoms with van der Waals surface area (Å²) in [5.74, 6) is -0.0276. The molecule has 1 amide bonds. The van der Waals surface area contributed by atoms with Gasteiger partial charge in [0, 0.05) is 23.6 Å². The minimum atomic E-state index is -0.104. The van der Waals surface area contributed by atoms with Crippen LogP contribution < -0.4 is 5.32 Å². The van der Waals surface area contributed by atoms with E-state index in [1.807, 2.05) is 36.6 Å². The Morgan fingerprint density at radius 1 is 1.24 bits per heavy atom. The van der Waals surface area contributed by atoms with Crippen molar-refractivity contribution >= 4 is 11.6 Å². The molecule has 1 aliphatic carbocycles. The molecule has 5 nitrogen and oxygen atoms in total. The summed E-state index contributed by atoms with van der Waals surface area (Å²) < 4.78 is 8.03. The minimum Gasteiger partial charge on any atom is -0.373 e. The molecule has 2 aromatic heterocycles. The highest BCUT2D eigenvalue weighted by Gasteiger charge is 2.27. The lowest BCUT2D eigenvalue weighted by Gasteiger charge is -2.33. The molecule has 1 fully saturated rings. The van der Waals surface area contributed by atoms with Crippen molar-refractivity contribution in [3.8, 4) is 0 Å². The van der Waals surface area contributed by atoms with Crippen LogP contribution in [0.15, 0.2) is 18.3 Å². The summed E-state index contributed by atoms with van der Waals surface area (Å²) in [6.07, 6.45) is 6.13. The molecular weight excluding hydrogens is 314 g/mol. The Kier molecular flexibility index (Phi) is 4.87. The summed E-state index contributed by atoms with van der Waals surface area (Å²) in [7, 11) is 0. The fraction of sp³-hybridized carbons (Fsp3) is 0.600. The zero-order chi connectivity index (χ0) is 18.2. The lowest BCUT2D eigenvalue weighted by atomic mass is 9.92. The second kappa shape index (κ2) is 6.79. The van der Waals surface area contributed by atoms with Crippen LogP contribution in [0.1, 0.15) is 68.2 Å². The van der Waals surface area contributed by atoms with E-state index in [4.69, 9.17) is 4.74 Å². The third-order valence-corrected chi connectivity index (χ3v) is 4.71. The van der Waals surface area contributed by atoms with Crippen LogP contribution in [0.3, 0.4) is 0 Å². The van der Waals surface area contributed by atoms with Crippen molar-refractivity contribution in [3.05, 3.63) is 35.3 Å². The van der Waals surface area contributed by atoms with Crippen LogP contribution >= 0.6 is 0 Å². The standard InChI is InChI=1S/C20H29N3O2/c1-13-12-14(2)23-11-10-17(18(23)21-13)19(24)22-15-6-8-16(9-7-15)25-20(3,4)5/h10-12,15-16H,6-9H2,1-5H3,(H,22,24)/t15-,16-. The molecule has 2 heterocycles. The first-order chi connectivity index (χ1) is 11.7. The minimum absolute atomic E-state index is 0.0276. The van der Waals surface area contributed by atoms with Crippen molar-refractivity contribution < 1.29 is 9.53 Å². The van der Waals surface area contributed by atoms with Crippen LogP contribution in [-0.2, 0) is 4.74 Å². The maximum atomic E-state index is 12.7. The molecule has 0 atom stereocenters. The van der Waals surface area contributed by atoms with Gasteiger partial charge in [0.05, 0.1) is 17.3 Å². The highest BCUT2D eigenvalue weighted by molar-refractivity contribution is 6.00.